The van der Waals surface area contributed by atoms with Gasteiger partial charge in [-0.25, -0.2) is 4.98 Å². The van der Waals surface area contributed by atoms with Crippen molar-refractivity contribution in [1.82, 2.24) is 19.1 Å². The van der Waals surface area contributed by atoms with Gasteiger partial charge in [-0.05, 0) is 24.0 Å². The van der Waals surface area contributed by atoms with E-state index in [1.54, 1.807) is 10.9 Å². The molecule has 1 fully saturated rings. The van der Waals surface area contributed by atoms with E-state index in [-0.39, 0.29) is 11.6 Å². The quantitative estimate of drug-likeness (QED) is 0.491. The summed E-state index contributed by atoms with van der Waals surface area (Å²) < 4.78 is 3.53. The fourth-order valence-corrected chi connectivity index (χ4v) is 4.43. The first-order chi connectivity index (χ1) is 15.7. The summed E-state index contributed by atoms with van der Waals surface area (Å²) in [6, 6.07) is 19.8. The van der Waals surface area contributed by atoms with Gasteiger partial charge in [0.05, 0.1) is 25.0 Å². The number of benzene rings is 2. The van der Waals surface area contributed by atoms with Gasteiger partial charge < -0.3 is 15.0 Å². The molecule has 1 saturated carbocycles. The maximum atomic E-state index is 13.7. The molecular formula is C25H27N5O2. The minimum atomic E-state index is -0.447. The molecule has 2 aromatic heterocycles. The number of nitrogens with zero attached hydrogens (tertiary/aromatic N) is 4. The van der Waals surface area contributed by atoms with Gasteiger partial charge in [-0.3, -0.25) is 9.36 Å². The van der Waals surface area contributed by atoms with E-state index >= 15 is 0 Å². The molecular weight excluding hydrogens is 402 g/mol. The average molecular weight is 430 g/mol. The van der Waals surface area contributed by atoms with Crippen LogP contribution in [0.4, 0.5) is 5.95 Å². The minimum absolute atomic E-state index is 0.124. The fourth-order valence-electron chi connectivity index (χ4n) is 4.43. The predicted octanol–water partition coefficient (Wildman–Crippen LogP) is 3.41. The lowest BCUT2D eigenvalue weighted by Gasteiger charge is -2.29. The lowest BCUT2D eigenvalue weighted by atomic mass is 9.93. The number of hydrogen-bond donors (Lipinski definition) is 2. The van der Waals surface area contributed by atoms with Crippen LogP contribution in [0.1, 0.15) is 36.8 Å². The van der Waals surface area contributed by atoms with Crippen molar-refractivity contribution >= 4 is 17.1 Å². The second-order valence-corrected chi connectivity index (χ2v) is 8.45. The van der Waals surface area contributed by atoms with Crippen LogP contribution < -0.4 is 10.9 Å². The zero-order valence-corrected chi connectivity index (χ0v) is 17.9. The van der Waals surface area contributed by atoms with Crippen LogP contribution in [-0.2, 0) is 13.1 Å². The number of imidazole rings is 1. The number of fused-ring (bicyclic) bond motifs is 1. The number of aromatic nitrogens is 4. The molecule has 2 N–H and O–H groups in total. The Labute approximate surface area is 186 Å². The highest BCUT2D eigenvalue weighted by molar-refractivity contribution is 5.71. The van der Waals surface area contributed by atoms with Gasteiger partial charge in [0.1, 0.15) is 0 Å². The van der Waals surface area contributed by atoms with Gasteiger partial charge >= 0.3 is 0 Å². The highest BCUT2D eigenvalue weighted by atomic mass is 16.3. The van der Waals surface area contributed by atoms with Crippen molar-refractivity contribution in [2.45, 2.75) is 50.9 Å². The molecule has 0 aliphatic heterocycles. The van der Waals surface area contributed by atoms with E-state index in [2.05, 4.69) is 10.3 Å². The Morgan fingerprint density at radius 2 is 1.59 bits per heavy atom. The predicted molar refractivity (Wildman–Crippen MR) is 125 cm³/mol. The van der Waals surface area contributed by atoms with E-state index in [0.29, 0.717) is 30.2 Å². The van der Waals surface area contributed by atoms with Crippen LogP contribution in [0.5, 0.6) is 0 Å². The second-order valence-electron chi connectivity index (χ2n) is 8.45. The van der Waals surface area contributed by atoms with Crippen molar-refractivity contribution in [3.63, 3.8) is 0 Å². The first kappa shape index (κ1) is 20.5. The van der Waals surface area contributed by atoms with E-state index in [1.165, 1.54) is 0 Å². The van der Waals surface area contributed by atoms with Crippen LogP contribution in [0.2, 0.25) is 0 Å². The third-order valence-electron chi connectivity index (χ3n) is 6.16. The van der Waals surface area contributed by atoms with Crippen molar-refractivity contribution in [1.29, 1.82) is 0 Å². The van der Waals surface area contributed by atoms with Gasteiger partial charge in [0.2, 0.25) is 5.95 Å². The highest BCUT2D eigenvalue weighted by Gasteiger charge is 2.25. The summed E-state index contributed by atoms with van der Waals surface area (Å²) in [6.07, 6.45) is 4.91. The van der Waals surface area contributed by atoms with E-state index in [1.807, 2.05) is 65.2 Å². The molecule has 7 nitrogen and oxygen atoms in total. The third-order valence-corrected chi connectivity index (χ3v) is 6.16. The first-order valence-corrected chi connectivity index (χ1v) is 11.2. The van der Waals surface area contributed by atoms with Gasteiger partial charge in [0.25, 0.3) is 5.56 Å². The number of hydrogen-bond acceptors (Lipinski definition) is 5. The molecule has 1 aliphatic rings. The molecule has 7 heteroatoms. The summed E-state index contributed by atoms with van der Waals surface area (Å²) in [6.45, 7) is 0.942. The van der Waals surface area contributed by atoms with Crippen LogP contribution in [0.15, 0.2) is 71.8 Å². The topological polar surface area (TPSA) is 85.0 Å². The van der Waals surface area contributed by atoms with Crippen molar-refractivity contribution < 1.29 is 5.11 Å². The van der Waals surface area contributed by atoms with Gasteiger partial charge in [0, 0.05) is 6.54 Å². The van der Waals surface area contributed by atoms with Gasteiger partial charge in [-0.1, -0.05) is 73.5 Å². The molecule has 5 rings (SSSR count). The van der Waals surface area contributed by atoms with Crippen LogP contribution in [0.25, 0.3) is 11.2 Å². The minimum Gasteiger partial charge on any atom is -0.391 e. The Hall–Kier alpha value is -3.45. The monoisotopic (exact) mass is 429 g/mol. The number of anilines is 1. The van der Waals surface area contributed by atoms with Crippen LogP contribution in [-0.4, -0.2) is 36.4 Å². The second kappa shape index (κ2) is 8.96. The molecule has 2 heterocycles. The maximum Gasteiger partial charge on any atom is 0.281 e. The Morgan fingerprint density at radius 3 is 2.28 bits per heavy atom. The molecule has 2 atom stereocenters. The number of aliphatic hydroxyl groups excluding tert-OH is 1. The van der Waals surface area contributed by atoms with Crippen molar-refractivity contribution in [3.8, 4) is 0 Å². The van der Waals surface area contributed by atoms with Gasteiger partial charge in [0.15, 0.2) is 11.2 Å². The van der Waals surface area contributed by atoms with Crippen LogP contribution in [0.3, 0.4) is 0 Å². The number of nitrogens with one attached hydrogen (secondary N) is 1. The normalized spacial score (nSPS) is 18.7. The van der Waals surface area contributed by atoms with Gasteiger partial charge in [-0.15, -0.1) is 0 Å². The summed E-state index contributed by atoms with van der Waals surface area (Å²) in [5.41, 5.74) is 2.87. The van der Waals surface area contributed by atoms with Crippen molar-refractivity contribution in [2.24, 2.45) is 0 Å². The Bertz CT molecular complexity index is 1250. The molecule has 4 aromatic rings. The van der Waals surface area contributed by atoms with Crippen LogP contribution >= 0.6 is 0 Å². The zero-order valence-electron chi connectivity index (χ0n) is 17.9. The first-order valence-electron chi connectivity index (χ1n) is 11.2. The van der Waals surface area contributed by atoms with Crippen molar-refractivity contribution in [3.05, 3.63) is 88.5 Å². The highest BCUT2D eigenvalue weighted by Crippen LogP contribution is 2.22. The maximum absolute atomic E-state index is 13.7. The molecule has 0 amide bonds. The summed E-state index contributed by atoms with van der Waals surface area (Å²) in [4.78, 5) is 22.9. The molecule has 2 aromatic carbocycles. The van der Waals surface area contributed by atoms with Crippen molar-refractivity contribution in [2.75, 3.05) is 5.32 Å². The molecule has 164 valence electrons. The molecule has 0 bridgehead atoms. The summed E-state index contributed by atoms with van der Waals surface area (Å²) >= 11 is 0. The molecule has 1 aliphatic carbocycles. The summed E-state index contributed by atoms with van der Waals surface area (Å²) in [5.74, 6) is 0.460. The molecule has 0 spiro atoms. The SMILES string of the molecule is O=c1c2c(ncn2Cc2ccccc2)nc(N[C@@H]2CCCC[C@H]2O)n1Cc1ccccc1. The average Bonchev–Trinajstić information content (AvgIpc) is 3.22. The Morgan fingerprint density at radius 1 is 0.938 bits per heavy atom. The number of rotatable bonds is 6. The molecule has 0 unspecified atom stereocenters. The van der Waals surface area contributed by atoms with Crippen LogP contribution in [0, 0.1) is 0 Å². The molecule has 0 radical (unpaired) electrons. The van der Waals surface area contributed by atoms with E-state index in [0.717, 1.165) is 36.8 Å². The summed E-state index contributed by atoms with van der Waals surface area (Å²) in [7, 11) is 0. The van der Waals surface area contributed by atoms with E-state index < -0.39 is 6.10 Å². The molecule has 0 saturated heterocycles. The standard InChI is InChI=1S/C25H27N5O2/c31-21-14-8-7-13-20(21)27-25-28-23-22(24(32)30(25)16-19-11-5-2-6-12-19)29(17-26-23)15-18-9-3-1-4-10-18/h1-6,9-12,17,20-21,31H,7-8,13-16H2,(H,27,28)/t20-,21-/m1/s1. The third kappa shape index (κ3) is 4.16. The largest absolute Gasteiger partial charge is 0.391 e. The lowest BCUT2D eigenvalue weighted by molar-refractivity contribution is 0.116. The number of aliphatic hydroxyl groups is 1. The summed E-state index contributed by atoms with van der Waals surface area (Å²) in [5, 5.41) is 13.8. The smallest absolute Gasteiger partial charge is 0.281 e. The zero-order chi connectivity index (χ0) is 21.9. The lowest BCUT2D eigenvalue weighted by Crippen LogP contribution is -2.39. The Balaban J connectivity index is 1.58. The Kier molecular flexibility index (Phi) is 5.73. The van der Waals surface area contributed by atoms with E-state index in [9.17, 15) is 9.90 Å². The molecule has 32 heavy (non-hydrogen) atoms. The van der Waals surface area contributed by atoms with Gasteiger partial charge in [-0.2, -0.15) is 4.98 Å². The van der Waals surface area contributed by atoms with E-state index in [4.69, 9.17) is 4.98 Å². The fraction of sp³-hybridized carbons (Fsp3) is 0.320.